The molecule has 2 aromatic rings. The molecule has 1 saturated carbocycles. The van der Waals surface area contributed by atoms with Gasteiger partial charge in [0, 0.05) is 32.0 Å². The minimum Gasteiger partial charge on any atom is -0.410 e. The predicted molar refractivity (Wildman–Crippen MR) is 100.0 cm³/mol. The Balaban J connectivity index is 1.57. The van der Waals surface area contributed by atoms with E-state index in [-0.39, 0.29) is 23.5 Å². The van der Waals surface area contributed by atoms with E-state index in [1.54, 1.807) is 0 Å². The van der Waals surface area contributed by atoms with Gasteiger partial charge in [-0.2, -0.15) is 0 Å². The summed E-state index contributed by atoms with van der Waals surface area (Å²) in [4.78, 5) is 14.6. The average molecular weight is 351 g/mol. The second-order valence-corrected chi connectivity index (χ2v) is 7.27. The highest BCUT2D eigenvalue weighted by molar-refractivity contribution is 5.71. The third kappa shape index (κ3) is 2.88. The molecule has 1 aliphatic heterocycles. The minimum atomic E-state index is -0.303. The SMILES string of the molecule is COC1(c2ccccc2)[C@@H]2CCC[C@H]1CN(C(=O)Oc1ccccc1)C2. The molecule has 4 heteroatoms. The Kier molecular flexibility index (Phi) is 4.68. The van der Waals surface area contributed by atoms with E-state index >= 15 is 0 Å². The highest BCUT2D eigenvalue weighted by Crippen LogP contribution is 2.51. The van der Waals surface area contributed by atoms with E-state index < -0.39 is 0 Å². The van der Waals surface area contributed by atoms with Gasteiger partial charge in [0.05, 0.1) is 0 Å². The van der Waals surface area contributed by atoms with Crippen molar-refractivity contribution < 1.29 is 14.3 Å². The topological polar surface area (TPSA) is 38.8 Å². The molecule has 0 N–H and O–H groups in total. The van der Waals surface area contributed by atoms with Crippen molar-refractivity contribution in [3.05, 3.63) is 66.2 Å². The smallest absolute Gasteiger partial charge is 0.410 e. The summed E-state index contributed by atoms with van der Waals surface area (Å²) in [6.07, 6.45) is 3.06. The largest absolute Gasteiger partial charge is 0.415 e. The van der Waals surface area contributed by atoms with Crippen molar-refractivity contribution in [2.75, 3.05) is 20.2 Å². The van der Waals surface area contributed by atoms with Crippen molar-refractivity contribution in [2.24, 2.45) is 11.8 Å². The van der Waals surface area contributed by atoms with Crippen LogP contribution in [0.1, 0.15) is 24.8 Å². The Labute approximate surface area is 154 Å². The van der Waals surface area contributed by atoms with Gasteiger partial charge in [-0.1, -0.05) is 55.0 Å². The van der Waals surface area contributed by atoms with Crippen LogP contribution < -0.4 is 4.74 Å². The molecule has 0 aromatic heterocycles. The van der Waals surface area contributed by atoms with Crippen LogP contribution in [0.25, 0.3) is 0 Å². The van der Waals surface area contributed by atoms with Crippen molar-refractivity contribution in [3.63, 3.8) is 0 Å². The first-order chi connectivity index (χ1) is 12.7. The molecule has 2 aliphatic rings. The summed E-state index contributed by atoms with van der Waals surface area (Å²) >= 11 is 0. The second-order valence-electron chi connectivity index (χ2n) is 7.27. The fraction of sp³-hybridized carbons (Fsp3) is 0.409. The standard InChI is InChI=1S/C22H25NO3/c1-25-22(17-9-4-2-5-10-17)18-11-8-12-19(22)16-23(15-18)21(24)26-20-13-6-3-7-14-20/h2-7,9-10,13-14,18-19H,8,11-12,15-16H2,1H3/t18-,19+,22?. The number of nitrogens with zero attached hydrogens (tertiary/aromatic N) is 1. The Morgan fingerprint density at radius 3 is 2.12 bits per heavy atom. The van der Waals surface area contributed by atoms with E-state index in [1.807, 2.05) is 48.4 Å². The summed E-state index contributed by atoms with van der Waals surface area (Å²) in [6.45, 7) is 1.34. The van der Waals surface area contributed by atoms with Gasteiger partial charge >= 0.3 is 6.09 Å². The van der Waals surface area contributed by atoms with Gasteiger partial charge in [-0.25, -0.2) is 4.79 Å². The Morgan fingerprint density at radius 2 is 1.54 bits per heavy atom. The van der Waals surface area contributed by atoms with Crippen LogP contribution >= 0.6 is 0 Å². The number of likely N-dealkylation sites (tertiary alicyclic amines) is 1. The van der Waals surface area contributed by atoms with Crippen molar-refractivity contribution in [1.82, 2.24) is 4.90 Å². The number of carbonyl (C=O) groups is 1. The lowest BCUT2D eigenvalue weighted by Crippen LogP contribution is -2.60. The maximum absolute atomic E-state index is 12.7. The second kappa shape index (κ2) is 7.12. The van der Waals surface area contributed by atoms with Crippen molar-refractivity contribution in [1.29, 1.82) is 0 Å². The van der Waals surface area contributed by atoms with Crippen LogP contribution in [-0.2, 0) is 10.3 Å². The zero-order valence-electron chi connectivity index (χ0n) is 15.1. The van der Waals surface area contributed by atoms with E-state index in [9.17, 15) is 4.79 Å². The number of hydrogen-bond donors (Lipinski definition) is 0. The van der Waals surface area contributed by atoms with Gasteiger partial charge in [-0.3, -0.25) is 0 Å². The molecule has 4 rings (SSSR count). The van der Waals surface area contributed by atoms with Gasteiger partial charge in [0.15, 0.2) is 0 Å². The van der Waals surface area contributed by atoms with Crippen molar-refractivity contribution in [3.8, 4) is 5.75 Å². The zero-order chi connectivity index (χ0) is 18.0. The third-order valence-corrected chi connectivity index (χ3v) is 5.97. The van der Waals surface area contributed by atoms with Crippen LogP contribution in [0.15, 0.2) is 60.7 Å². The molecule has 0 spiro atoms. The van der Waals surface area contributed by atoms with Gasteiger partial charge in [0.25, 0.3) is 0 Å². The van der Waals surface area contributed by atoms with E-state index in [0.717, 1.165) is 12.8 Å². The molecule has 1 heterocycles. The highest BCUT2D eigenvalue weighted by Gasteiger charge is 2.54. The fourth-order valence-corrected chi connectivity index (χ4v) is 4.86. The molecule has 2 bridgehead atoms. The molecule has 1 amide bonds. The van der Waals surface area contributed by atoms with Crippen molar-refractivity contribution in [2.45, 2.75) is 24.9 Å². The van der Waals surface area contributed by atoms with E-state index in [1.165, 1.54) is 12.0 Å². The number of benzene rings is 2. The van der Waals surface area contributed by atoms with Crippen LogP contribution in [0.5, 0.6) is 5.75 Å². The molecule has 1 unspecified atom stereocenters. The van der Waals surface area contributed by atoms with Crippen LogP contribution in [0.3, 0.4) is 0 Å². The lowest BCUT2D eigenvalue weighted by atomic mass is 9.62. The van der Waals surface area contributed by atoms with Crippen LogP contribution in [0.2, 0.25) is 0 Å². The fourth-order valence-electron chi connectivity index (χ4n) is 4.86. The number of para-hydroxylation sites is 1. The number of rotatable bonds is 3. The van der Waals surface area contributed by atoms with E-state index in [0.29, 0.717) is 18.8 Å². The first-order valence-electron chi connectivity index (χ1n) is 9.36. The van der Waals surface area contributed by atoms with Crippen LogP contribution in [-0.4, -0.2) is 31.2 Å². The van der Waals surface area contributed by atoms with Crippen LogP contribution in [0, 0.1) is 11.8 Å². The average Bonchev–Trinajstić information content (AvgIpc) is 2.68. The van der Waals surface area contributed by atoms with Gasteiger partial charge in [-0.15, -0.1) is 0 Å². The summed E-state index contributed by atoms with van der Waals surface area (Å²) < 4.78 is 11.8. The van der Waals surface area contributed by atoms with Gasteiger partial charge in [-0.05, 0) is 30.5 Å². The number of carbonyl (C=O) groups excluding carboxylic acids is 1. The summed E-state index contributed by atoms with van der Waals surface area (Å²) in [5.41, 5.74) is 0.927. The maximum atomic E-state index is 12.7. The summed E-state index contributed by atoms with van der Waals surface area (Å²) in [5.74, 6) is 1.16. The molecule has 3 atom stereocenters. The monoisotopic (exact) mass is 351 g/mol. The molecular formula is C22H25NO3. The Hall–Kier alpha value is -2.33. The maximum Gasteiger partial charge on any atom is 0.415 e. The Morgan fingerprint density at radius 1 is 0.962 bits per heavy atom. The Bertz CT molecular complexity index is 732. The quantitative estimate of drug-likeness (QED) is 0.819. The summed E-state index contributed by atoms with van der Waals surface area (Å²) in [6, 6.07) is 19.8. The molecule has 2 aromatic carbocycles. The molecule has 1 aliphatic carbocycles. The lowest BCUT2D eigenvalue weighted by molar-refractivity contribution is -0.163. The summed E-state index contributed by atoms with van der Waals surface area (Å²) in [7, 11) is 1.82. The number of methoxy groups -OCH3 is 1. The summed E-state index contributed by atoms with van der Waals surface area (Å²) in [5, 5.41) is 0. The normalized spacial score (nSPS) is 27.8. The van der Waals surface area contributed by atoms with Gasteiger partial charge in [0.1, 0.15) is 11.4 Å². The molecule has 4 nitrogen and oxygen atoms in total. The lowest BCUT2D eigenvalue weighted by Gasteiger charge is -2.55. The number of hydrogen-bond acceptors (Lipinski definition) is 3. The molecule has 0 radical (unpaired) electrons. The first kappa shape index (κ1) is 17.1. The first-order valence-corrected chi connectivity index (χ1v) is 9.36. The van der Waals surface area contributed by atoms with Crippen molar-refractivity contribution >= 4 is 6.09 Å². The molecule has 2 fully saturated rings. The van der Waals surface area contributed by atoms with Gasteiger partial charge < -0.3 is 14.4 Å². The highest BCUT2D eigenvalue weighted by atomic mass is 16.6. The van der Waals surface area contributed by atoms with Gasteiger partial charge in [0.2, 0.25) is 0 Å². The number of amides is 1. The molecule has 1 saturated heterocycles. The molecule has 136 valence electrons. The predicted octanol–water partition coefficient (Wildman–Crippen LogP) is 4.46. The van der Waals surface area contributed by atoms with E-state index in [2.05, 4.69) is 24.3 Å². The number of fused-ring (bicyclic) bond motifs is 2. The van der Waals surface area contributed by atoms with Crippen LogP contribution in [0.4, 0.5) is 4.79 Å². The molecule has 26 heavy (non-hydrogen) atoms. The molecular weight excluding hydrogens is 326 g/mol. The third-order valence-electron chi connectivity index (χ3n) is 5.97. The zero-order valence-corrected chi connectivity index (χ0v) is 15.1. The van der Waals surface area contributed by atoms with E-state index in [4.69, 9.17) is 9.47 Å². The minimum absolute atomic E-state index is 0.258. The number of piperidine rings is 1. The number of ether oxygens (including phenoxy) is 2.